The molecule has 0 bridgehead atoms. The van der Waals surface area contributed by atoms with Crippen molar-refractivity contribution in [2.24, 2.45) is 0 Å². The van der Waals surface area contributed by atoms with Crippen molar-refractivity contribution in [2.45, 2.75) is 23.1 Å². The Morgan fingerprint density at radius 3 is 2.70 bits per heavy atom. The molecule has 1 saturated heterocycles. The van der Waals surface area contributed by atoms with E-state index in [1.807, 2.05) is 0 Å². The molecule has 1 aromatic carbocycles. The van der Waals surface area contributed by atoms with Crippen LogP contribution in [-0.2, 0) is 14.8 Å². The van der Waals surface area contributed by atoms with Gasteiger partial charge in [0, 0.05) is 17.5 Å². The summed E-state index contributed by atoms with van der Waals surface area (Å²) in [4.78, 5) is 17.2. The highest BCUT2D eigenvalue weighted by Gasteiger charge is 2.40. The summed E-state index contributed by atoms with van der Waals surface area (Å²) < 4.78 is 27.6. The number of amides is 1. The van der Waals surface area contributed by atoms with Gasteiger partial charge in [0.1, 0.15) is 10.3 Å². The zero-order chi connectivity index (χ0) is 21.3. The molecule has 1 atom stereocenters. The number of anilines is 1. The molecular weight excluding hydrogens is 464 g/mol. The summed E-state index contributed by atoms with van der Waals surface area (Å²) in [6.07, 6.45) is 1.04. The second-order valence-corrected chi connectivity index (χ2v) is 11.2. The summed E-state index contributed by atoms with van der Waals surface area (Å²) in [7, 11) is -3.79. The third-order valence-electron chi connectivity index (χ3n) is 4.66. The third-order valence-corrected chi connectivity index (χ3v) is 9.03. The highest BCUT2D eigenvalue weighted by atomic mass is 35.5. The van der Waals surface area contributed by atoms with Crippen molar-refractivity contribution in [2.75, 3.05) is 11.9 Å². The number of nitrogens with zero attached hydrogens (tertiary/aromatic N) is 3. The smallest absolute Gasteiger partial charge is 0.253 e. The summed E-state index contributed by atoms with van der Waals surface area (Å²) in [5.41, 5.74) is 2.05. The molecule has 3 aromatic rings. The van der Waals surface area contributed by atoms with Gasteiger partial charge in [-0.3, -0.25) is 4.79 Å². The van der Waals surface area contributed by atoms with E-state index in [2.05, 4.69) is 16.4 Å². The standard InChI is InChI=1S/C19H15ClN4O3S3/c20-16-7-8-17(29-16)30(26,27)24-9-1-2-15(24)18(25)23-19-22-14(11-28-19)13-5-3-12(10-21)4-6-13/h3-8,11,15H,1-2,9H2,(H,22,23,25)/t15-/m0/s1. The number of thiazole rings is 1. The molecule has 1 amide bonds. The van der Waals surface area contributed by atoms with Crippen LogP contribution in [0.15, 0.2) is 46.0 Å². The Balaban J connectivity index is 1.49. The maximum Gasteiger partial charge on any atom is 0.253 e. The Labute approximate surface area is 186 Å². The second-order valence-electron chi connectivity index (χ2n) is 6.55. The predicted octanol–water partition coefficient (Wildman–Crippen LogP) is 4.19. The molecule has 1 aliphatic rings. The minimum absolute atomic E-state index is 0.129. The van der Waals surface area contributed by atoms with Crippen molar-refractivity contribution in [3.63, 3.8) is 0 Å². The Morgan fingerprint density at radius 1 is 1.27 bits per heavy atom. The van der Waals surface area contributed by atoms with Crippen LogP contribution in [0.25, 0.3) is 11.3 Å². The fraction of sp³-hybridized carbons (Fsp3) is 0.211. The van der Waals surface area contributed by atoms with E-state index in [1.165, 1.54) is 27.8 Å². The number of nitriles is 1. The third kappa shape index (κ3) is 4.12. The van der Waals surface area contributed by atoms with Crippen molar-refractivity contribution < 1.29 is 13.2 Å². The van der Waals surface area contributed by atoms with Crippen LogP contribution in [0.3, 0.4) is 0 Å². The molecule has 7 nitrogen and oxygen atoms in total. The van der Waals surface area contributed by atoms with Crippen LogP contribution in [0, 0.1) is 11.3 Å². The number of hydrogen-bond donors (Lipinski definition) is 1. The molecule has 154 valence electrons. The lowest BCUT2D eigenvalue weighted by atomic mass is 10.1. The van der Waals surface area contributed by atoms with E-state index in [1.54, 1.807) is 29.6 Å². The number of sulfonamides is 1. The van der Waals surface area contributed by atoms with Gasteiger partial charge in [-0.05, 0) is 37.1 Å². The molecule has 1 N–H and O–H groups in total. The van der Waals surface area contributed by atoms with Crippen LogP contribution >= 0.6 is 34.3 Å². The fourth-order valence-corrected chi connectivity index (χ4v) is 7.20. The zero-order valence-corrected chi connectivity index (χ0v) is 18.6. The van der Waals surface area contributed by atoms with E-state index in [0.717, 1.165) is 16.9 Å². The number of thiophene rings is 1. The number of nitrogens with one attached hydrogen (secondary N) is 1. The number of hydrogen-bond acceptors (Lipinski definition) is 7. The topological polar surface area (TPSA) is 103 Å². The maximum atomic E-state index is 12.9. The minimum atomic E-state index is -3.79. The predicted molar refractivity (Wildman–Crippen MR) is 117 cm³/mol. The first-order valence-corrected chi connectivity index (χ1v) is 12.4. The first-order valence-electron chi connectivity index (χ1n) is 8.92. The first kappa shape index (κ1) is 21.0. The van der Waals surface area contributed by atoms with Crippen LogP contribution < -0.4 is 5.32 Å². The van der Waals surface area contributed by atoms with Crippen molar-refractivity contribution in [1.82, 2.24) is 9.29 Å². The second kappa shape index (κ2) is 8.45. The van der Waals surface area contributed by atoms with Gasteiger partial charge in [0.25, 0.3) is 10.0 Å². The molecule has 4 rings (SSSR count). The van der Waals surface area contributed by atoms with Crippen LogP contribution in [0.2, 0.25) is 4.34 Å². The summed E-state index contributed by atoms with van der Waals surface area (Å²) in [5, 5.41) is 13.8. The molecular formula is C19H15ClN4O3S3. The molecule has 1 fully saturated rings. The number of carbonyl (C=O) groups excluding carboxylic acids is 1. The summed E-state index contributed by atoms with van der Waals surface area (Å²) in [6, 6.07) is 11.2. The van der Waals surface area contributed by atoms with E-state index in [0.29, 0.717) is 33.6 Å². The monoisotopic (exact) mass is 478 g/mol. The number of rotatable bonds is 5. The summed E-state index contributed by atoms with van der Waals surface area (Å²) in [5.74, 6) is -0.403. The van der Waals surface area contributed by atoms with E-state index >= 15 is 0 Å². The SMILES string of the molecule is N#Cc1ccc(-c2csc(NC(=O)[C@@H]3CCCN3S(=O)(=O)c3ccc(Cl)s3)n2)cc1. The number of carbonyl (C=O) groups is 1. The highest BCUT2D eigenvalue weighted by molar-refractivity contribution is 7.91. The molecule has 11 heteroatoms. The molecule has 0 saturated carbocycles. The van der Waals surface area contributed by atoms with Crippen molar-refractivity contribution >= 4 is 55.3 Å². The van der Waals surface area contributed by atoms with E-state index in [9.17, 15) is 13.2 Å². The van der Waals surface area contributed by atoms with Gasteiger partial charge in [0.15, 0.2) is 5.13 Å². The number of aromatic nitrogens is 1. The van der Waals surface area contributed by atoms with Gasteiger partial charge >= 0.3 is 0 Å². The van der Waals surface area contributed by atoms with Gasteiger partial charge in [-0.25, -0.2) is 13.4 Å². The lowest BCUT2D eigenvalue weighted by Gasteiger charge is -2.22. The van der Waals surface area contributed by atoms with Crippen LogP contribution in [0.5, 0.6) is 0 Å². The zero-order valence-electron chi connectivity index (χ0n) is 15.4. The summed E-state index contributed by atoms with van der Waals surface area (Å²) >= 11 is 8.12. The fourth-order valence-electron chi connectivity index (χ4n) is 3.21. The van der Waals surface area contributed by atoms with Gasteiger partial charge in [-0.2, -0.15) is 9.57 Å². The first-order chi connectivity index (χ1) is 14.4. The number of halogens is 1. The molecule has 0 radical (unpaired) electrons. The molecule has 30 heavy (non-hydrogen) atoms. The maximum absolute atomic E-state index is 12.9. The van der Waals surface area contributed by atoms with Gasteiger partial charge < -0.3 is 5.32 Å². The molecule has 0 unspecified atom stereocenters. The van der Waals surface area contributed by atoms with Crippen LogP contribution in [-0.4, -0.2) is 36.2 Å². The molecule has 2 aromatic heterocycles. The summed E-state index contributed by atoms with van der Waals surface area (Å²) in [6.45, 7) is 0.282. The Bertz CT molecular complexity index is 1230. The van der Waals surface area contributed by atoms with Crippen LogP contribution in [0.4, 0.5) is 5.13 Å². The molecule has 0 aliphatic carbocycles. The lowest BCUT2D eigenvalue weighted by Crippen LogP contribution is -2.42. The average Bonchev–Trinajstić information content (AvgIpc) is 3.48. The minimum Gasteiger partial charge on any atom is -0.301 e. The molecule has 3 heterocycles. The quantitative estimate of drug-likeness (QED) is 0.592. The average molecular weight is 479 g/mol. The Hall–Kier alpha value is -2.29. The molecule has 1 aliphatic heterocycles. The van der Waals surface area contributed by atoms with Crippen molar-refractivity contribution in [3.05, 3.63) is 51.7 Å². The largest absolute Gasteiger partial charge is 0.301 e. The van der Waals surface area contributed by atoms with Crippen LogP contribution in [0.1, 0.15) is 18.4 Å². The van der Waals surface area contributed by atoms with Gasteiger partial charge in [-0.15, -0.1) is 22.7 Å². The van der Waals surface area contributed by atoms with Gasteiger partial charge in [0.2, 0.25) is 5.91 Å². The highest BCUT2D eigenvalue weighted by Crippen LogP contribution is 2.33. The van der Waals surface area contributed by atoms with Crippen molar-refractivity contribution in [1.29, 1.82) is 5.26 Å². The Kier molecular flexibility index (Phi) is 5.90. The van der Waals surface area contributed by atoms with E-state index in [-0.39, 0.29) is 10.8 Å². The van der Waals surface area contributed by atoms with E-state index < -0.39 is 22.0 Å². The number of benzene rings is 1. The lowest BCUT2D eigenvalue weighted by molar-refractivity contribution is -0.119. The molecule has 0 spiro atoms. The van der Waals surface area contributed by atoms with Gasteiger partial charge in [-0.1, -0.05) is 23.7 Å². The van der Waals surface area contributed by atoms with E-state index in [4.69, 9.17) is 16.9 Å². The Morgan fingerprint density at radius 2 is 2.03 bits per heavy atom. The van der Waals surface area contributed by atoms with Crippen molar-refractivity contribution in [3.8, 4) is 17.3 Å². The normalized spacial score (nSPS) is 17.0. The van der Waals surface area contributed by atoms with Gasteiger partial charge in [0.05, 0.1) is 21.7 Å².